The van der Waals surface area contributed by atoms with Gasteiger partial charge in [-0.3, -0.25) is 4.79 Å². The predicted molar refractivity (Wildman–Crippen MR) is 75.7 cm³/mol. The second-order valence-corrected chi connectivity index (χ2v) is 4.99. The number of hydrogen-bond donors (Lipinski definition) is 1. The number of carbonyl (C=O) groups excluding carboxylic acids is 1. The lowest BCUT2D eigenvalue weighted by molar-refractivity contribution is -0.131. The minimum Gasteiger partial charge on any atom is -0.343 e. The van der Waals surface area contributed by atoms with E-state index in [2.05, 4.69) is 16.4 Å². The quantitative estimate of drug-likeness (QED) is 0.824. The van der Waals surface area contributed by atoms with Gasteiger partial charge in [-0.25, -0.2) is 4.98 Å². The summed E-state index contributed by atoms with van der Waals surface area (Å²) in [5.41, 5.74) is 1.32. The third kappa shape index (κ3) is 4.04. The van der Waals surface area contributed by atoms with E-state index in [1.54, 1.807) is 6.20 Å². The van der Waals surface area contributed by atoms with Crippen LogP contribution in [0.4, 0.5) is 0 Å². The average Bonchev–Trinajstić information content (AvgIpc) is 2.52. The van der Waals surface area contributed by atoms with Gasteiger partial charge in [0, 0.05) is 44.4 Å². The highest BCUT2D eigenvalue weighted by atomic mass is 16.2. The number of likely N-dealkylation sites (tertiary alicyclic amines) is 1. The van der Waals surface area contributed by atoms with E-state index in [1.165, 1.54) is 6.42 Å². The van der Waals surface area contributed by atoms with Crippen molar-refractivity contribution in [2.45, 2.75) is 32.2 Å². The Bertz CT molecular complexity index is 489. The van der Waals surface area contributed by atoms with Crippen LogP contribution in [0.2, 0.25) is 0 Å². The fourth-order valence-corrected chi connectivity index (χ4v) is 2.40. The molecular weight excluding hydrogens is 252 g/mol. The minimum absolute atomic E-state index is 0.226. The summed E-state index contributed by atoms with van der Waals surface area (Å²) in [6, 6.07) is 5.77. The van der Waals surface area contributed by atoms with Crippen LogP contribution < -0.4 is 5.32 Å². The van der Waals surface area contributed by atoms with E-state index in [0.717, 1.165) is 31.5 Å². The molecule has 1 aromatic rings. The number of nitriles is 1. The van der Waals surface area contributed by atoms with Crippen molar-refractivity contribution >= 4 is 5.91 Å². The first-order valence-electron chi connectivity index (χ1n) is 7.14. The summed E-state index contributed by atoms with van der Waals surface area (Å²) in [6.07, 6.45) is 5.62. The molecule has 0 saturated carbocycles. The summed E-state index contributed by atoms with van der Waals surface area (Å²) in [5.74, 6) is 0.226. The molecule has 1 aliphatic heterocycles. The highest BCUT2D eigenvalue weighted by Crippen LogP contribution is 2.09. The molecule has 1 fully saturated rings. The number of piperidine rings is 1. The molecular formula is C15H20N4O. The molecule has 0 unspecified atom stereocenters. The molecule has 2 heterocycles. The van der Waals surface area contributed by atoms with Crippen molar-refractivity contribution < 1.29 is 4.79 Å². The van der Waals surface area contributed by atoms with E-state index in [-0.39, 0.29) is 5.91 Å². The van der Waals surface area contributed by atoms with Gasteiger partial charge in [-0.15, -0.1) is 0 Å². The maximum atomic E-state index is 12.0. The summed E-state index contributed by atoms with van der Waals surface area (Å²) < 4.78 is 0. The number of hydrogen-bond acceptors (Lipinski definition) is 4. The average molecular weight is 272 g/mol. The molecule has 0 radical (unpaired) electrons. The Hall–Kier alpha value is -1.93. The second kappa shape index (κ2) is 7.61. The van der Waals surface area contributed by atoms with Gasteiger partial charge in [0.1, 0.15) is 11.8 Å². The largest absolute Gasteiger partial charge is 0.343 e. The monoisotopic (exact) mass is 272 g/mol. The van der Waals surface area contributed by atoms with E-state index < -0.39 is 0 Å². The van der Waals surface area contributed by atoms with Crippen LogP contribution in [0.5, 0.6) is 0 Å². The van der Waals surface area contributed by atoms with E-state index >= 15 is 0 Å². The number of nitrogens with zero attached hydrogens (tertiary/aromatic N) is 3. The zero-order valence-corrected chi connectivity index (χ0v) is 11.6. The summed E-state index contributed by atoms with van der Waals surface area (Å²) in [6.45, 7) is 3.01. The summed E-state index contributed by atoms with van der Waals surface area (Å²) in [4.78, 5) is 17.9. The molecule has 5 nitrogen and oxygen atoms in total. The van der Waals surface area contributed by atoms with Crippen LogP contribution >= 0.6 is 0 Å². The number of rotatable bonds is 5. The van der Waals surface area contributed by atoms with Crippen LogP contribution in [-0.4, -0.2) is 35.4 Å². The fourth-order valence-electron chi connectivity index (χ4n) is 2.40. The maximum absolute atomic E-state index is 12.0. The van der Waals surface area contributed by atoms with Crippen LogP contribution in [0.1, 0.15) is 36.9 Å². The minimum atomic E-state index is 0.226. The molecule has 0 aromatic carbocycles. The lowest BCUT2D eigenvalue weighted by Gasteiger charge is -2.26. The highest BCUT2D eigenvalue weighted by molar-refractivity contribution is 5.76. The summed E-state index contributed by atoms with van der Waals surface area (Å²) >= 11 is 0. The SMILES string of the molecule is N#Cc1ncccc1CNCCC(=O)N1CCCCC1. The van der Waals surface area contributed by atoms with Crippen LogP contribution in [0.15, 0.2) is 18.3 Å². The van der Waals surface area contributed by atoms with Gasteiger partial charge in [0.2, 0.25) is 5.91 Å². The van der Waals surface area contributed by atoms with Gasteiger partial charge in [0.05, 0.1) is 0 Å². The number of amides is 1. The lowest BCUT2D eigenvalue weighted by atomic mass is 10.1. The normalized spacial score (nSPS) is 14.8. The third-order valence-corrected chi connectivity index (χ3v) is 3.54. The van der Waals surface area contributed by atoms with Crippen molar-refractivity contribution in [3.63, 3.8) is 0 Å². The molecule has 1 saturated heterocycles. The van der Waals surface area contributed by atoms with Gasteiger partial charge in [-0.1, -0.05) is 6.07 Å². The molecule has 0 atom stereocenters. The fraction of sp³-hybridized carbons (Fsp3) is 0.533. The van der Waals surface area contributed by atoms with Crippen molar-refractivity contribution in [3.8, 4) is 6.07 Å². The van der Waals surface area contributed by atoms with Crippen molar-refractivity contribution in [3.05, 3.63) is 29.6 Å². The predicted octanol–water partition coefficient (Wildman–Crippen LogP) is 1.45. The molecule has 106 valence electrons. The number of nitrogens with one attached hydrogen (secondary N) is 1. The van der Waals surface area contributed by atoms with Crippen molar-refractivity contribution in [2.24, 2.45) is 0 Å². The van der Waals surface area contributed by atoms with Gasteiger partial charge in [0.15, 0.2) is 0 Å². The Balaban J connectivity index is 1.71. The molecule has 0 spiro atoms. The maximum Gasteiger partial charge on any atom is 0.223 e. The summed E-state index contributed by atoms with van der Waals surface area (Å²) in [7, 11) is 0. The van der Waals surface area contributed by atoms with Crippen molar-refractivity contribution in [1.29, 1.82) is 5.26 Å². The highest BCUT2D eigenvalue weighted by Gasteiger charge is 2.15. The molecule has 1 amide bonds. The van der Waals surface area contributed by atoms with Gasteiger partial charge in [-0.05, 0) is 25.3 Å². The first-order valence-corrected chi connectivity index (χ1v) is 7.14. The topological polar surface area (TPSA) is 69.0 Å². The first kappa shape index (κ1) is 14.5. The molecule has 2 rings (SSSR count). The molecule has 1 aliphatic rings. The van der Waals surface area contributed by atoms with Crippen LogP contribution in [-0.2, 0) is 11.3 Å². The number of carbonyl (C=O) groups is 1. The Kier molecular flexibility index (Phi) is 5.51. The smallest absolute Gasteiger partial charge is 0.223 e. The third-order valence-electron chi connectivity index (χ3n) is 3.54. The molecule has 5 heteroatoms. The Morgan fingerprint density at radius 1 is 1.40 bits per heavy atom. The molecule has 20 heavy (non-hydrogen) atoms. The van der Waals surface area contributed by atoms with Gasteiger partial charge in [0.25, 0.3) is 0 Å². The van der Waals surface area contributed by atoms with Crippen molar-refractivity contribution in [2.75, 3.05) is 19.6 Å². The van der Waals surface area contributed by atoms with Crippen LogP contribution in [0, 0.1) is 11.3 Å². The van der Waals surface area contributed by atoms with E-state index in [0.29, 0.717) is 25.2 Å². The van der Waals surface area contributed by atoms with E-state index in [1.807, 2.05) is 17.0 Å². The molecule has 0 aliphatic carbocycles. The Morgan fingerprint density at radius 2 is 2.20 bits per heavy atom. The number of aromatic nitrogens is 1. The standard InChI is InChI=1S/C15H20N4O/c16-11-14-13(5-4-7-18-14)12-17-8-6-15(20)19-9-2-1-3-10-19/h4-5,7,17H,1-3,6,8-10,12H2. The van der Waals surface area contributed by atoms with E-state index in [9.17, 15) is 4.79 Å². The second-order valence-electron chi connectivity index (χ2n) is 4.99. The van der Waals surface area contributed by atoms with Crippen molar-refractivity contribution in [1.82, 2.24) is 15.2 Å². The zero-order valence-electron chi connectivity index (χ0n) is 11.6. The molecule has 1 aromatic heterocycles. The Morgan fingerprint density at radius 3 is 2.95 bits per heavy atom. The molecule has 1 N–H and O–H groups in total. The zero-order chi connectivity index (χ0) is 14.2. The van der Waals surface area contributed by atoms with Gasteiger partial charge < -0.3 is 10.2 Å². The van der Waals surface area contributed by atoms with Gasteiger partial charge in [-0.2, -0.15) is 5.26 Å². The molecule has 0 bridgehead atoms. The van der Waals surface area contributed by atoms with Crippen LogP contribution in [0.3, 0.4) is 0 Å². The first-order chi connectivity index (χ1) is 9.81. The number of pyridine rings is 1. The summed E-state index contributed by atoms with van der Waals surface area (Å²) in [5, 5.41) is 12.1. The van der Waals surface area contributed by atoms with Crippen LogP contribution in [0.25, 0.3) is 0 Å². The lowest BCUT2D eigenvalue weighted by Crippen LogP contribution is -2.37. The Labute approximate surface area is 119 Å². The van der Waals surface area contributed by atoms with E-state index in [4.69, 9.17) is 5.26 Å². The van der Waals surface area contributed by atoms with Gasteiger partial charge >= 0.3 is 0 Å².